The van der Waals surface area contributed by atoms with Gasteiger partial charge < -0.3 is 19.3 Å². The van der Waals surface area contributed by atoms with Crippen molar-refractivity contribution in [1.82, 2.24) is 14.4 Å². The van der Waals surface area contributed by atoms with Crippen LogP contribution in [0.3, 0.4) is 0 Å². The minimum absolute atomic E-state index is 0.0236. The average Bonchev–Trinajstić information content (AvgIpc) is 3.87. The van der Waals surface area contributed by atoms with Gasteiger partial charge in [-0.05, 0) is 119 Å². The van der Waals surface area contributed by atoms with Crippen LogP contribution in [0.1, 0.15) is 47.1 Å². The molecule has 3 aliphatic rings. The van der Waals surface area contributed by atoms with Gasteiger partial charge in [-0.25, -0.2) is 4.98 Å². The molecule has 0 bridgehead atoms. The molecule has 0 saturated heterocycles. The fraction of sp³-hybridized carbons (Fsp3) is 0.109. The molecule has 0 amide bonds. The van der Waals surface area contributed by atoms with E-state index in [0.717, 1.165) is 78.7 Å². The highest BCUT2D eigenvalue weighted by atomic mass is 16.5. The monoisotopic (exact) mass is 806 g/mol. The number of allylic oxidation sites excluding steroid dienone is 4. The molecule has 0 unspecified atom stereocenters. The number of aromatic nitrogens is 2. The molecular weight excluding hydrogens is 757 g/mol. The first-order chi connectivity index (χ1) is 31.5. The molecule has 7 heteroatoms. The lowest BCUT2D eigenvalue weighted by atomic mass is 9.51. The molecule has 11 rings (SSSR count). The van der Waals surface area contributed by atoms with Crippen molar-refractivity contribution in [2.24, 2.45) is 0 Å². The van der Waals surface area contributed by atoms with E-state index in [1.54, 1.807) is 12.1 Å². The first-order valence-electron chi connectivity index (χ1n) is 22.7. The van der Waals surface area contributed by atoms with Crippen molar-refractivity contribution in [3.63, 3.8) is 0 Å². The quantitative estimate of drug-likeness (QED) is 0.150. The van der Waals surface area contributed by atoms with Gasteiger partial charge in [0.05, 0.1) is 29.1 Å². The maximum absolute atomic E-state index is 7.90. The van der Waals surface area contributed by atoms with Crippen LogP contribution in [0.4, 0.5) is 17.1 Å². The van der Waals surface area contributed by atoms with E-state index < -0.39 is 6.85 Å². The molecule has 0 radical (unpaired) electrons. The number of anilines is 3. The van der Waals surface area contributed by atoms with Gasteiger partial charge in [0.25, 0.3) is 0 Å². The molecule has 2 aromatic heterocycles. The summed E-state index contributed by atoms with van der Waals surface area (Å²) in [5.74, 6) is 4.64. The maximum atomic E-state index is 7.90. The number of pyridine rings is 1. The average molecular weight is 807 g/mol. The molecule has 0 aliphatic carbocycles. The van der Waals surface area contributed by atoms with Gasteiger partial charge in [0.1, 0.15) is 17.3 Å². The van der Waals surface area contributed by atoms with E-state index >= 15 is 0 Å². The molecule has 0 fully saturated rings. The van der Waals surface area contributed by atoms with Crippen molar-refractivity contribution in [1.29, 1.82) is 0 Å². The lowest BCUT2D eigenvalue weighted by Crippen LogP contribution is -2.44. The van der Waals surface area contributed by atoms with Crippen molar-refractivity contribution in [2.75, 3.05) is 16.5 Å². The number of nitrogens with zero attached hydrogens (tertiary/aromatic N) is 5. The number of aryl methyl sites for hydroxylation is 1. The maximum Gasteiger partial charge on any atom is 0.338 e. The number of hydrogen-bond donors (Lipinski definition) is 0. The molecule has 8 aromatic rings. The molecule has 0 N–H and O–H groups in total. The van der Waals surface area contributed by atoms with Gasteiger partial charge in [-0.3, -0.25) is 4.57 Å². The minimum Gasteiger partial charge on any atom is -0.457 e. The van der Waals surface area contributed by atoms with Crippen LogP contribution < -0.4 is 14.5 Å². The Morgan fingerprint density at radius 1 is 0.645 bits per heavy atom. The van der Waals surface area contributed by atoms with Gasteiger partial charge in [0.15, 0.2) is 0 Å². The smallest absolute Gasteiger partial charge is 0.338 e. The predicted octanol–water partition coefficient (Wildman–Crippen LogP) is 13.4. The summed E-state index contributed by atoms with van der Waals surface area (Å²) in [6, 6.07) is 53.9. The number of hydrogen-bond acceptors (Lipinski definition) is 5. The fourth-order valence-electron chi connectivity index (χ4n) is 9.12. The van der Waals surface area contributed by atoms with Gasteiger partial charge in [0, 0.05) is 44.5 Å². The van der Waals surface area contributed by atoms with Crippen molar-refractivity contribution >= 4 is 56.9 Å². The van der Waals surface area contributed by atoms with Gasteiger partial charge in [-0.1, -0.05) is 123 Å². The molecule has 3 aliphatic heterocycles. The summed E-state index contributed by atoms with van der Waals surface area (Å²) in [6.45, 7) is 4.95. The highest BCUT2D eigenvalue weighted by Crippen LogP contribution is 2.47. The van der Waals surface area contributed by atoms with Gasteiger partial charge >= 0.3 is 6.85 Å². The summed E-state index contributed by atoms with van der Waals surface area (Å²) in [7, 11) is 0. The second kappa shape index (κ2) is 14.9. The summed E-state index contributed by atoms with van der Waals surface area (Å²) in [6.07, 6.45) is 10.5. The molecule has 6 nitrogen and oxygen atoms in total. The second-order valence-electron chi connectivity index (χ2n) is 17.2. The molecule has 6 aromatic carbocycles. The van der Waals surface area contributed by atoms with E-state index in [1.807, 2.05) is 24.4 Å². The van der Waals surface area contributed by atoms with E-state index in [0.29, 0.717) is 12.2 Å². The zero-order valence-corrected chi connectivity index (χ0v) is 34.9. The van der Waals surface area contributed by atoms with Crippen LogP contribution in [0.5, 0.6) is 11.5 Å². The van der Waals surface area contributed by atoms with E-state index in [9.17, 15) is 0 Å². The lowest BCUT2D eigenvalue weighted by Gasteiger charge is -2.37. The first-order valence-corrected chi connectivity index (χ1v) is 21.2. The van der Waals surface area contributed by atoms with Crippen LogP contribution in [0, 0.1) is 6.85 Å². The highest BCUT2D eigenvalue weighted by Gasteiger charge is 2.39. The molecule has 0 spiro atoms. The van der Waals surface area contributed by atoms with Crippen LogP contribution >= 0.6 is 0 Å². The normalized spacial score (nSPS) is 15.7. The summed E-state index contributed by atoms with van der Waals surface area (Å²) in [4.78, 5) is 11.9. The third-order valence-electron chi connectivity index (χ3n) is 12.2. The summed E-state index contributed by atoms with van der Waals surface area (Å²) in [5, 5.41) is 2.31. The number of para-hydroxylation sites is 3. The number of fused-ring (bicyclic) bond motifs is 5. The van der Waals surface area contributed by atoms with Crippen LogP contribution in [-0.4, -0.2) is 27.9 Å². The van der Waals surface area contributed by atoms with Crippen LogP contribution in [0.25, 0.3) is 38.8 Å². The minimum atomic E-state index is -2.16. The second-order valence-corrected chi connectivity index (χ2v) is 17.2. The predicted molar refractivity (Wildman–Crippen MR) is 258 cm³/mol. The van der Waals surface area contributed by atoms with E-state index in [2.05, 4.69) is 198 Å². The summed E-state index contributed by atoms with van der Waals surface area (Å²) in [5.41, 5.74) is 12.3. The fourth-order valence-corrected chi connectivity index (χ4v) is 9.12. The Balaban J connectivity index is 0.955. The third kappa shape index (κ3) is 6.58. The van der Waals surface area contributed by atoms with E-state index in [-0.39, 0.29) is 12.3 Å². The number of ether oxygens (including phenoxy) is 1. The lowest BCUT2D eigenvalue weighted by molar-refractivity contribution is 0.483. The van der Waals surface area contributed by atoms with Crippen LogP contribution in [-0.2, 0) is 5.41 Å². The molecule has 62 heavy (non-hydrogen) atoms. The topological polar surface area (TPSA) is 36.8 Å². The number of benzene rings is 6. The van der Waals surface area contributed by atoms with Gasteiger partial charge in [-0.15, -0.1) is 0 Å². The Bertz CT molecular complexity index is 3270. The highest BCUT2D eigenvalue weighted by molar-refractivity contribution is 6.73. The van der Waals surface area contributed by atoms with Crippen molar-refractivity contribution in [3.8, 4) is 17.3 Å². The number of rotatable bonds is 7. The largest absolute Gasteiger partial charge is 0.457 e. The Morgan fingerprint density at radius 2 is 1.39 bits per heavy atom. The Hall–Kier alpha value is -7.51. The Labute approximate surface area is 368 Å². The standard InChI is InChI=1S/C55H46BN5O/c1-38-21-23-39(24-22-38)41-28-31-58-32-29-46(40-13-6-5-7-14-40)54(56(58)36-41)60-37-59(50-19-10-11-20-51(50)60)43-15-12-16-44(34-43)62-45-25-26-48-47-17-8-9-18-49(47)61(52(48)35-45)53-33-42(27-30-57-53)55(2,3)4/h5-36H,37H2,1-4H3/i1D3. The third-order valence-corrected chi connectivity index (χ3v) is 12.2. The molecule has 5 heterocycles. The molecule has 300 valence electrons. The van der Waals surface area contributed by atoms with E-state index in [4.69, 9.17) is 13.8 Å². The van der Waals surface area contributed by atoms with Crippen molar-refractivity contribution in [3.05, 3.63) is 222 Å². The zero-order chi connectivity index (χ0) is 44.5. The van der Waals surface area contributed by atoms with Crippen molar-refractivity contribution in [2.45, 2.75) is 33.0 Å². The first kappa shape index (κ1) is 34.2. The van der Waals surface area contributed by atoms with Gasteiger partial charge in [0.2, 0.25) is 0 Å². The molecular formula is C55H46BN5O. The van der Waals surface area contributed by atoms with E-state index in [1.165, 1.54) is 10.9 Å². The molecule has 0 saturated carbocycles. The summed E-state index contributed by atoms with van der Waals surface area (Å²) < 4.78 is 32.7. The SMILES string of the molecule is [2H]C([2H])([2H])c1ccc(C2=CB3C(N4CN(c5cccc(Oc6ccc7c8ccccc8n(-c8cc(C(C)(C)C)ccn8)c7c6)c5)c5ccccc54)=C(c4ccccc4)C=CN3C=C2)cc1. The Kier molecular flexibility index (Phi) is 8.22. The zero-order valence-electron chi connectivity index (χ0n) is 37.9. The van der Waals surface area contributed by atoms with Crippen molar-refractivity contribution < 1.29 is 8.85 Å². The van der Waals surface area contributed by atoms with Crippen LogP contribution in [0.2, 0.25) is 0 Å². The van der Waals surface area contributed by atoms with Gasteiger partial charge in [-0.2, -0.15) is 0 Å². The summed E-state index contributed by atoms with van der Waals surface area (Å²) >= 11 is 0. The van der Waals surface area contributed by atoms with Crippen LogP contribution in [0.15, 0.2) is 200 Å². The molecule has 0 atom stereocenters. The Morgan fingerprint density at radius 3 is 2.21 bits per heavy atom.